The molecule has 2 aliphatic carbocycles. The Hall–Kier alpha value is -2.63. The van der Waals surface area contributed by atoms with Gasteiger partial charge in [-0.05, 0) is 30.9 Å². The summed E-state index contributed by atoms with van der Waals surface area (Å²) in [6, 6.07) is 15.5. The highest BCUT2D eigenvalue weighted by Crippen LogP contribution is 2.64. The van der Waals surface area contributed by atoms with Crippen LogP contribution in [0.15, 0.2) is 61.2 Å². The Morgan fingerprint density at radius 2 is 1.87 bits per heavy atom. The van der Waals surface area contributed by atoms with Crippen molar-refractivity contribution < 1.29 is 19.7 Å². The van der Waals surface area contributed by atoms with Gasteiger partial charge in [0.1, 0.15) is 0 Å². The lowest BCUT2D eigenvalue weighted by atomic mass is 9.49. The van der Waals surface area contributed by atoms with Gasteiger partial charge >= 0.3 is 0 Å². The number of aliphatic hydroxyl groups is 1. The molecule has 0 amide bonds. The van der Waals surface area contributed by atoms with Gasteiger partial charge in [0.05, 0.1) is 11.0 Å². The molecule has 30 heavy (non-hydrogen) atoms. The maximum Gasteiger partial charge on any atom is 0.174 e. The molecule has 2 N–H and O–H groups in total. The van der Waals surface area contributed by atoms with Gasteiger partial charge in [-0.1, -0.05) is 48.5 Å². The van der Waals surface area contributed by atoms with E-state index in [1.54, 1.807) is 6.07 Å². The molecule has 2 aromatic carbocycles. The SMILES string of the molecule is C=CCN1CC[C@]23c4c5ccc(O)c4O[C@H]2C(=O)CC[C@@]3(O)[C@H]1C5.c1ccccc1. The van der Waals surface area contributed by atoms with Crippen molar-refractivity contribution in [3.05, 3.63) is 72.3 Å². The van der Waals surface area contributed by atoms with Crippen molar-refractivity contribution >= 4 is 5.78 Å². The fraction of sp³-hybridized carbons (Fsp3) is 0.400. The second-order valence-corrected chi connectivity index (χ2v) is 8.72. The Morgan fingerprint density at radius 3 is 2.53 bits per heavy atom. The number of nitrogens with zero attached hydrogens (tertiary/aromatic N) is 1. The van der Waals surface area contributed by atoms with Crippen LogP contribution in [0.25, 0.3) is 0 Å². The minimum Gasteiger partial charge on any atom is -0.504 e. The van der Waals surface area contributed by atoms with E-state index >= 15 is 0 Å². The van der Waals surface area contributed by atoms with Gasteiger partial charge in [-0.25, -0.2) is 0 Å². The quantitative estimate of drug-likeness (QED) is 0.752. The molecule has 5 heteroatoms. The maximum atomic E-state index is 12.6. The number of hydrogen-bond donors (Lipinski definition) is 2. The largest absolute Gasteiger partial charge is 0.504 e. The van der Waals surface area contributed by atoms with Crippen LogP contribution in [0.3, 0.4) is 0 Å². The van der Waals surface area contributed by atoms with Crippen LogP contribution in [0.5, 0.6) is 11.5 Å². The Morgan fingerprint density at radius 1 is 1.17 bits per heavy atom. The van der Waals surface area contributed by atoms with Crippen molar-refractivity contribution in [1.82, 2.24) is 4.90 Å². The molecule has 1 spiro atoms. The average molecular weight is 405 g/mol. The second-order valence-electron chi connectivity index (χ2n) is 8.72. The summed E-state index contributed by atoms with van der Waals surface area (Å²) in [4.78, 5) is 14.9. The number of carbonyl (C=O) groups excluding carboxylic acids is 1. The van der Waals surface area contributed by atoms with Crippen LogP contribution >= 0.6 is 0 Å². The van der Waals surface area contributed by atoms with E-state index in [0.29, 0.717) is 31.4 Å². The van der Waals surface area contributed by atoms with Crippen LogP contribution in [0, 0.1) is 0 Å². The Kier molecular flexibility index (Phi) is 4.49. The molecule has 156 valence electrons. The van der Waals surface area contributed by atoms with E-state index in [0.717, 1.165) is 24.2 Å². The lowest BCUT2D eigenvalue weighted by Gasteiger charge is -2.62. The van der Waals surface area contributed by atoms with E-state index in [1.807, 2.05) is 48.5 Å². The van der Waals surface area contributed by atoms with Crippen LogP contribution in [0.1, 0.15) is 30.4 Å². The van der Waals surface area contributed by atoms with E-state index in [4.69, 9.17) is 4.74 Å². The zero-order valence-electron chi connectivity index (χ0n) is 17.0. The summed E-state index contributed by atoms with van der Waals surface area (Å²) < 4.78 is 5.98. The molecule has 2 fully saturated rings. The summed E-state index contributed by atoms with van der Waals surface area (Å²) >= 11 is 0. The number of ether oxygens (including phenoxy) is 1. The lowest BCUT2D eigenvalue weighted by Crippen LogP contribution is -2.76. The zero-order chi connectivity index (χ0) is 20.9. The van der Waals surface area contributed by atoms with Crippen molar-refractivity contribution in [1.29, 1.82) is 0 Å². The summed E-state index contributed by atoms with van der Waals surface area (Å²) in [5, 5.41) is 22.1. The molecule has 6 rings (SSSR count). The van der Waals surface area contributed by atoms with Gasteiger partial charge in [0.15, 0.2) is 23.4 Å². The third-order valence-electron chi connectivity index (χ3n) is 7.40. The number of carbonyl (C=O) groups is 1. The van der Waals surface area contributed by atoms with Crippen LogP contribution in [-0.4, -0.2) is 51.7 Å². The Labute approximate surface area is 176 Å². The van der Waals surface area contributed by atoms with Crippen molar-refractivity contribution in [2.75, 3.05) is 13.1 Å². The zero-order valence-corrected chi connectivity index (χ0v) is 17.0. The van der Waals surface area contributed by atoms with Gasteiger partial charge in [-0.15, -0.1) is 6.58 Å². The Bertz CT molecular complexity index is 963. The number of phenols is 1. The molecule has 0 unspecified atom stereocenters. The third kappa shape index (κ3) is 2.45. The highest BCUT2D eigenvalue weighted by atomic mass is 16.5. The minimum atomic E-state index is -1.00. The van der Waals surface area contributed by atoms with Crippen molar-refractivity contribution in [2.45, 2.75) is 48.8 Å². The topological polar surface area (TPSA) is 70.0 Å². The fourth-order valence-corrected chi connectivity index (χ4v) is 6.18. The van der Waals surface area contributed by atoms with Crippen LogP contribution < -0.4 is 4.74 Å². The number of aromatic hydroxyl groups is 1. The first-order chi connectivity index (χ1) is 14.5. The monoisotopic (exact) mass is 405 g/mol. The van der Waals surface area contributed by atoms with E-state index in [-0.39, 0.29) is 17.6 Å². The summed E-state index contributed by atoms with van der Waals surface area (Å²) in [5.74, 6) is 0.528. The fourth-order valence-electron chi connectivity index (χ4n) is 6.18. The van der Waals surface area contributed by atoms with Gasteiger partial charge in [-0.2, -0.15) is 0 Å². The van der Waals surface area contributed by atoms with E-state index in [2.05, 4.69) is 11.5 Å². The minimum absolute atomic E-state index is 0.0408. The molecular formula is C25H27NO4. The molecule has 5 nitrogen and oxygen atoms in total. The third-order valence-corrected chi connectivity index (χ3v) is 7.40. The first-order valence-corrected chi connectivity index (χ1v) is 10.6. The predicted molar refractivity (Wildman–Crippen MR) is 114 cm³/mol. The molecule has 4 atom stereocenters. The van der Waals surface area contributed by atoms with Crippen molar-refractivity contribution in [3.63, 3.8) is 0 Å². The van der Waals surface area contributed by atoms with Gasteiger partial charge in [-0.3, -0.25) is 9.69 Å². The number of benzene rings is 2. The molecule has 2 aliphatic heterocycles. The molecule has 2 bridgehead atoms. The predicted octanol–water partition coefficient (Wildman–Crippen LogP) is 2.99. The van der Waals surface area contributed by atoms with E-state index < -0.39 is 17.1 Å². The van der Waals surface area contributed by atoms with Crippen molar-refractivity contribution in [3.8, 4) is 11.5 Å². The molecule has 0 radical (unpaired) electrons. The first-order valence-electron chi connectivity index (χ1n) is 10.6. The number of phenolic OH excluding ortho intramolecular Hbond substituents is 1. The lowest BCUT2D eigenvalue weighted by molar-refractivity contribution is -0.187. The maximum absolute atomic E-state index is 12.6. The molecule has 2 heterocycles. The number of likely N-dealkylation sites (tertiary alicyclic amines) is 1. The summed E-state index contributed by atoms with van der Waals surface area (Å²) in [6.07, 6.45) is 3.35. The summed E-state index contributed by atoms with van der Waals surface area (Å²) in [5.41, 5.74) is 0.256. The number of rotatable bonds is 2. The number of hydrogen-bond acceptors (Lipinski definition) is 5. The van der Waals surface area contributed by atoms with E-state index in [9.17, 15) is 15.0 Å². The standard InChI is InChI=1S/C19H21NO4.C6H6/c1-2-8-20-9-7-18-15-11-3-4-12(21)16(15)24-17(18)13(22)5-6-19(18,23)14(20)10-11;1-2-4-6-5-3-1/h2-4,14,17,21,23H,1,5-10H2;1-6H/t14-,17+,18+,19-;/m1./s1. The van der Waals surface area contributed by atoms with Crippen LogP contribution in [0.2, 0.25) is 0 Å². The van der Waals surface area contributed by atoms with E-state index in [1.165, 1.54) is 0 Å². The Balaban J connectivity index is 0.000000279. The number of Topliss-reactive ketones (excluding diaryl/α,β-unsaturated/α-hetero) is 1. The molecular weight excluding hydrogens is 378 g/mol. The number of piperidine rings is 1. The molecule has 2 aromatic rings. The highest BCUT2D eigenvalue weighted by molar-refractivity contribution is 5.90. The van der Waals surface area contributed by atoms with Gasteiger partial charge in [0, 0.05) is 31.1 Å². The van der Waals surface area contributed by atoms with Crippen LogP contribution in [0.4, 0.5) is 0 Å². The summed E-state index contributed by atoms with van der Waals surface area (Å²) in [7, 11) is 0. The van der Waals surface area contributed by atoms with Gasteiger partial charge in [0.25, 0.3) is 0 Å². The van der Waals surface area contributed by atoms with Crippen LogP contribution in [-0.2, 0) is 16.6 Å². The molecule has 4 aliphatic rings. The van der Waals surface area contributed by atoms with Gasteiger partial charge in [0.2, 0.25) is 0 Å². The summed E-state index contributed by atoms with van der Waals surface area (Å²) in [6.45, 7) is 5.36. The van der Waals surface area contributed by atoms with Gasteiger partial charge < -0.3 is 14.9 Å². The highest BCUT2D eigenvalue weighted by Gasteiger charge is 2.73. The molecule has 1 saturated heterocycles. The smallest absolute Gasteiger partial charge is 0.174 e. The molecule has 0 aromatic heterocycles. The number of ketones is 1. The van der Waals surface area contributed by atoms with Crippen molar-refractivity contribution in [2.24, 2.45) is 0 Å². The average Bonchev–Trinajstić information content (AvgIpc) is 3.12. The first kappa shape index (κ1) is 19.3. The molecule has 1 saturated carbocycles. The second kappa shape index (κ2) is 6.96. The normalized spacial score (nSPS) is 33.0.